The Morgan fingerprint density at radius 2 is 1.72 bits per heavy atom. The van der Waals surface area contributed by atoms with Crippen LogP contribution in [0.25, 0.3) is 0 Å². The molecular weight excluding hydrogens is 490 g/mol. The normalized spacial score (nSPS) is 24.3. The number of methoxy groups -OCH3 is 1. The van der Waals surface area contributed by atoms with E-state index in [0.29, 0.717) is 6.61 Å². The number of hydrogen-bond acceptors (Lipinski definition) is 4. The number of halogens is 1. The molecular formula is C25H35FO4SeSi. The first kappa shape index (κ1) is 25.4. The first-order valence-corrected chi connectivity index (χ1v) is 15.8. The average Bonchev–Trinajstić information content (AvgIpc) is 2.76. The van der Waals surface area contributed by atoms with Crippen LogP contribution in [-0.2, 0) is 20.5 Å². The Kier molecular flexibility index (Phi) is 8.58. The topological polar surface area (TPSA) is 36.9 Å². The van der Waals surface area contributed by atoms with Crippen molar-refractivity contribution >= 4 is 27.7 Å². The van der Waals surface area contributed by atoms with E-state index in [-0.39, 0.29) is 43.6 Å². The summed E-state index contributed by atoms with van der Waals surface area (Å²) in [7, 11) is -0.504. The van der Waals surface area contributed by atoms with Crippen molar-refractivity contribution < 1.29 is 23.0 Å². The first-order valence-electron chi connectivity index (χ1n) is 11.0. The molecule has 1 aliphatic heterocycles. The molecule has 0 aromatic heterocycles. The maximum absolute atomic E-state index is 15.1. The second-order valence-corrected chi connectivity index (χ2v) is 17.0. The standard InChI is InChI=1S/C25H35FO4SeSi/c1-25(2,3)32(5,6)30-22-21(28-16-18-12-14-19(27-4)15-13-18)17-29-24(26)23(22)31-20-10-8-7-9-11-20/h7-15,21-24H,16-17H2,1-6H3/t21-,22+,23+,24?/m0/s1. The third-order valence-electron chi connectivity index (χ3n) is 6.24. The molecule has 2 aromatic rings. The van der Waals surface area contributed by atoms with Crippen molar-refractivity contribution in [3.05, 3.63) is 60.2 Å². The fraction of sp³-hybridized carbons (Fsp3) is 0.520. The van der Waals surface area contributed by atoms with E-state index in [9.17, 15) is 0 Å². The van der Waals surface area contributed by atoms with Crippen molar-refractivity contribution in [3.63, 3.8) is 0 Å². The molecule has 1 unspecified atom stereocenters. The Hall–Kier alpha value is -1.21. The summed E-state index contributed by atoms with van der Waals surface area (Å²) in [6.45, 7) is 11.6. The number of benzene rings is 2. The fourth-order valence-corrected chi connectivity index (χ4v) is 7.27. The van der Waals surface area contributed by atoms with E-state index in [0.717, 1.165) is 15.8 Å². The molecule has 2 aromatic carbocycles. The zero-order chi connectivity index (χ0) is 23.4. The van der Waals surface area contributed by atoms with Crippen LogP contribution in [0.5, 0.6) is 5.75 Å². The molecule has 1 saturated heterocycles. The van der Waals surface area contributed by atoms with Gasteiger partial charge in [-0.15, -0.1) is 0 Å². The third-order valence-corrected chi connectivity index (χ3v) is 13.4. The van der Waals surface area contributed by atoms with Crippen LogP contribution in [0.1, 0.15) is 26.3 Å². The summed E-state index contributed by atoms with van der Waals surface area (Å²) in [6, 6.07) is 17.9. The second-order valence-electron chi connectivity index (χ2n) is 9.62. The predicted octanol–water partition coefficient (Wildman–Crippen LogP) is 5.11. The molecule has 0 amide bonds. The minimum absolute atomic E-state index is 0.0158. The number of rotatable bonds is 8. The molecule has 0 saturated carbocycles. The van der Waals surface area contributed by atoms with Gasteiger partial charge in [-0.3, -0.25) is 0 Å². The van der Waals surface area contributed by atoms with Gasteiger partial charge >= 0.3 is 199 Å². The Morgan fingerprint density at radius 1 is 1.06 bits per heavy atom. The number of hydrogen-bond donors (Lipinski definition) is 0. The van der Waals surface area contributed by atoms with Crippen LogP contribution in [0.2, 0.25) is 22.9 Å². The van der Waals surface area contributed by atoms with Crippen LogP contribution in [0, 0.1) is 0 Å². The molecule has 0 aliphatic carbocycles. The zero-order valence-electron chi connectivity index (χ0n) is 19.8. The van der Waals surface area contributed by atoms with Crippen LogP contribution in [0.3, 0.4) is 0 Å². The summed E-state index contributed by atoms with van der Waals surface area (Å²) in [5.74, 6) is 0.805. The van der Waals surface area contributed by atoms with Gasteiger partial charge in [-0.25, -0.2) is 0 Å². The molecule has 0 radical (unpaired) electrons. The minimum atomic E-state index is -2.15. The van der Waals surface area contributed by atoms with Crippen molar-refractivity contribution in [2.45, 2.75) is 68.9 Å². The van der Waals surface area contributed by atoms with Crippen molar-refractivity contribution in [1.82, 2.24) is 0 Å². The van der Waals surface area contributed by atoms with Gasteiger partial charge in [0.1, 0.15) is 0 Å². The van der Waals surface area contributed by atoms with Gasteiger partial charge in [0.25, 0.3) is 0 Å². The van der Waals surface area contributed by atoms with Gasteiger partial charge in [-0.2, -0.15) is 0 Å². The maximum atomic E-state index is 15.1. The van der Waals surface area contributed by atoms with E-state index < -0.39 is 14.7 Å². The van der Waals surface area contributed by atoms with Crippen LogP contribution in [-0.4, -0.2) is 55.6 Å². The van der Waals surface area contributed by atoms with Crippen LogP contribution in [0.15, 0.2) is 54.6 Å². The fourth-order valence-electron chi connectivity index (χ4n) is 3.24. The second kappa shape index (κ2) is 10.8. The molecule has 7 heteroatoms. The summed E-state index contributed by atoms with van der Waals surface area (Å²) in [5, 5.41) is 0.0158. The summed E-state index contributed by atoms with van der Waals surface area (Å²) < 4.78 is 40.2. The molecule has 3 rings (SSSR count). The van der Waals surface area contributed by atoms with Gasteiger partial charge in [-0.05, 0) is 0 Å². The van der Waals surface area contributed by atoms with Gasteiger partial charge in [0, 0.05) is 0 Å². The van der Waals surface area contributed by atoms with Crippen LogP contribution in [0.4, 0.5) is 4.39 Å². The quantitative estimate of drug-likeness (QED) is 0.449. The van der Waals surface area contributed by atoms with Crippen molar-refractivity contribution in [1.29, 1.82) is 0 Å². The summed E-state index contributed by atoms with van der Waals surface area (Å²) in [4.78, 5) is -0.367. The molecule has 32 heavy (non-hydrogen) atoms. The van der Waals surface area contributed by atoms with Crippen molar-refractivity contribution in [3.8, 4) is 5.75 Å². The molecule has 0 spiro atoms. The van der Waals surface area contributed by atoms with Gasteiger partial charge in [0.15, 0.2) is 0 Å². The van der Waals surface area contributed by atoms with E-state index in [1.807, 2.05) is 42.5 Å². The molecule has 1 aliphatic rings. The van der Waals surface area contributed by atoms with Gasteiger partial charge in [-0.1, -0.05) is 0 Å². The monoisotopic (exact) mass is 526 g/mol. The Labute approximate surface area is 199 Å². The van der Waals surface area contributed by atoms with E-state index in [1.165, 1.54) is 0 Å². The molecule has 4 atom stereocenters. The van der Waals surface area contributed by atoms with Crippen molar-refractivity contribution in [2.75, 3.05) is 13.7 Å². The predicted molar refractivity (Wildman–Crippen MR) is 130 cm³/mol. The molecule has 0 N–H and O–H groups in total. The Morgan fingerprint density at radius 3 is 2.31 bits per heavy atom. The molecule has 0 bridgehead atoms. The molecule has 1 fully saturated rings. The molecule has 1 heterocycles. The van der Waals surface area contributed by atoms with Gasteiger partial charge in [0.05, 0.1) is 0 Å². The Bertz CT molecular complexity index is 841. The molecule has 4 nitrogen and oxygen atoms in total. The number of alkyl halides is 1. The van der Waals surface area contributed by atoms with E-state index >= 15 is 4.39 Å². The zero-order valence-corrected chi connectivity index (χ0v) is 22.6. The number of ether oxygens (including phenoxy) is 3. The van der Waals surface area contributed by atoms with Crippen molar-refractivity contribution in [2.24, 2.45) is 0 Å². The SMILES string of the molecule is COc1ccc(CO[C@H]2COC(F)[C@H]([Se]c3ccccc3)[C@@H]2O[Si](C)(C)C(C)(C)C)cc1. The summed E-state index contributed by atoms with van der Waals surface area (Å²) in [5.41, 5.74) is 1.03. The molecule has 176 valence electrons. The summed E-state index contributed by atoms with van der Waals surface area (Å²) >= 11 is -0.143. The summed E-state index contributed by atoms with van der Waals surface area (Å²) in [6.07, 6.45) is -2.03. The third kappa shape index (κ3) is 6.43. The van der Waals surface area contributed by atoms with Crippen LogP contribution >= 0.6 is 0 Å². The van der Waals surface area contributed by atoms with Gasteiger partial charge in [0.2, 0.25) is 0 Å². The van der Waals surface area contributed by atoms with E-state index in [4.69, 9.17) is 18.6 Å². The first-order chi connectivity index (χ1) is 15.1. The Balaban J connectivity index is 1.82. The van der Waals surface area contributed by atoms with Crippen LogP contribution < -0.4 is 9.20 Å². The van der Waals surface area contributed by atoms with Gasteiger partial charge < -0.3 is 0 Å². The van der Waals surface area contributed by atoms with E-state index in [2.05, 4.69) is 46.0 Å². The average molecular weight is 526 g/mol. The van der Waals surface area contributed by atoms with E-state index in [1.54, 1.807) is 7.11 Å².